The van der Waals surface area contributed by atoms with Crippen molar-refractivity contribution in [1.82, 2.24) is 5.32 Å². The van der Waals surface area contributed by atoms with Crippen molar-refractivity contribution in [3.63, 3.8) is 0 Å². The first kappa shape index (κ1) is 22.7. The van der Waals surface area contributed by atoms with Crippen LogP contribution in [0.1, 0.15) is 21.5 Å². The van der Waals surface area contributed by atoms with Gasteiger partial charge in [-0.05, 0) is 53.6 Å². The number of halogens is 1. The first-order valence-corrected chi connectivity index (χ1v) is 11.6. The highest BCUT2D eigenvalue weighted by Gasteiger charge is 2.26. The highest BCUT2D eigenvalue weighted by atomic mass is 32.2. The van der Waals surface area contributed by atoms with Crippen molar-refractivity contribution in [3.8, 4) is 5.75 Å². The Kier molecular flexibility index (Phi) is 7.14. The number of thioether (sulfide) groups is 1. The number of methoxy groups -OCH3 is 1. The summed E-state index contributed by atoms with van der Waals surface area (Å²) in [5.41, 5.74) is 3.78. The number of carbonyl (C=O) groups is 2. The predicted molar refractivity (Wildman–Crippen MR) is 129 cm³/mol. The van der Waals surface area contributed by atoms with Gasteiger partial charge in [-0.15, -0.1) is 0 Å². The van der Waals surface area contributed by atoms with E-state index < -0.39 is 6.04 Å². The number of hydrogen-bond donors (Lipinski definition) is 3. The van der Waals surface area contributed by atoms with Gasteiger partial charge >= 0.3 is 0 Å². The molecule has 3 aromatic rings. The molecule has 2 amide bonds. The van der Waals surface area contributed by atoms with E-state index in [0.29, 0.717) is 29.3 Å². The van der Waals surface area contributed by atoms with Crippen LogP contribution >= 0.6 is 11.8 Å². The van der Waals surface area contributed by atoms with Gasteiger partial charge in [0, 0.05) is 23.6 Å². The quantitative estimate of drug-likeness (QED) is 0.459. The van der Waals surface area contributed by atoms with Gasteiger partial charge in [0.05, 0.1) is 18.5 Å². The van der Waals surface area contributed by atoms with E-state index in [1.807, 2.05) is 24.3 Å². The van der Waals surface area contributed by atoms with Gasteiger partial charge in [0.15, 0.2) is 0 Å². The minimum absolute atomic E-state index is 0.148. The van der Waals surface area contributed by atoms with Crippen LogP contribution in [0.15, 0.2) is 66.7 Å². The zero-order valence-electron chi connectivity index (χ0n) is 18.1. The molecule has 1 unspecified atom stereocenters. The summed E-state index contributed by atoms with van der Waals surface area (Å²) < 4.78 is 18.2. The average Bonchev–Trinajstić information content (AvgIpc) is 2.84. The second kappa shape index (κ2) is 10.4. The van der Waals surface area contributed by atoms with E-state index in [0.717, 1.165) is 22.6 Å². The SMILES string of the molecule is COc1ccc(CNC(=O)c2ccc3c(c2)NC(=O)C(CSCc2ccc(F)cc2)N3)cc1. The molecule has 3 N–H and O–H groups in total. The smallest absolute Gasteiger partial charge is 0.251 e. The molecule has 8 heteroatoms. The lowest BCUT2D eigenvalue weighted by Gasteiger charge is -2.27. The first-order valence-electron chi connectivity index (χ1n) is 10.5. The van der Waals surface area contributed by atoms with Crippen molar-refractivity contribution in [2.45, 2.75) is 18.3 Å². The van der Waals surface area contributed by atoms with E-state index in [-0.39, 0.29) is 17.6 Å². The molecule has 0 fully saturated rings. The van der Waals surface area contributed by atoms with Crippen LogP contribution in [0.3, 0.4) is 0 Å². The minimum atomic E-state index is -0.391. The summed E-state index contributed by atoms with van der Waals surface area (Å²) in [6.45, 7) is 0.387. The van der Waals surface area contributed by atoms with Gasteiger partial charge in [0.1, 0.15) is 17.6 Å². The minimum Gasteiger partial charge on any atom is -0.497 e. The normalized spacial score (nSPS) is 14.6. The standard InChI is InChI=1S/C25H24FN3O3S/c1-32-20-9-4-16(5-10-20)13-27-24(30)18-6-11-21-22(12-18)29-25(31)23(28-21)15-33-14-17-2-7-19(26)8-3-17/h2-12,23,28H,13-15H2,1H3,(H,27,30)(H,29,31). The number of ether oxygens (including phenoxy) is 1. The van der Waals surface area contributed by atoms with Gasteiger partial charge in [-0.2, -0.15) is 11.8 Å². The van der Waals surface area contributed by atoms with Crippen LogP contribution in [-0.2, 0) is 17.1 Å². The molecular weight excluding hydrogens is 441 g/mol. The number of benzene rings is 3. The van der Waals surface area contributed by atoms with Crippen LogP contribution in [0.25, 0.3) is 0 Å². The molecule has 0 aliphatic carbocycles. The molecule has 1 heterocycles. The van der Waals surface area contributed by atoms with Crippen molar-refractivity contribution in [2.24, 2.45) is 0 Å². The number of anilines is 2. The van der Waals surface area contributed by atoms with E-state index in [2.05, 4.69) is 16.0 Å². The molecule has 170 valence electrons. The fraction of sp³-hybridized carbons (Fsp3) is 0.200. The average molecular weight is 466 g/mol. The van der Waals surface area contributed by atoms with E-state index in [9.17, 15) is 14.0 Å². The Labute approximate surface area is 195 Å². The highest BCUT2D eigenvalue weighted by molar-refractivity contribution is 7.98. The Morgan fingerprint density at radius 2 is 1.76 bits per heavy atom. The first-order chi connectivity index (χ1) is 16.0. The molecule has 0 saturated heterocycles. The lowest BCUT2D eigenvalue weighted by Crippen LogP contribution is -2.40. The number of nitrogens with one attached hydrogen (secondary N) is 3. The third-order valence-electron chi connectivity index (χ3n) is 5.26. The van der Waals surface area contributed by atoms with Crippen LogP contribution < -0.4 is 20.7 Å². The molecule has 33 heavy (non-hydrogen) atoms. The number of rotatable bonds is 8. The molecule has 0 aromatic heterocycles. The zero-order valence-corrected chi connectivity index (χ0v) is 18.9. The molecule has 0 spiro atoms. The molecule has 0 bridgehead atoms. The lowest BCUT2D eigenvalue weighted by atomic mass is 10.1. The molecule has 1 aliphatic rings. The Bertz CT molecular complexity index is 1140. The van der Waals surface area contributed by atoms with Crippen LogP contribution in [0.5, 0.6) is 5.75 Å². The van der Waals surface area contributed by atoms with Crippen LogP contribution in [-0.4, -0.2) is 30.7 Å². The van der Waals surface area contributed by atoms with Crippen molar-refractivity contribution < 1.29 is 18.7 Å². The molecule has 1 atom stereocenters. The third kappa shape index (κ3) is 5.84. The van der Waals surface area contributed by atoms with E-state index >= 15 is 0 Å². The molecule has 4 rings (SSSR count). The second-order valence-corrected chi connectivity index (χ2v) is 8.65. The monoisotopic (exact) mass is 465 g/mol. The summed E-state index contributed by atoms with van der Waals surface area (Å²) >= 11 is 1.59. The van der Waals surface area contributed by atoms with Crippen molar-refractivity contribution in [3.05, 3.63) is 89.2 Å². The third-order valence-corrected chi connectivity index (χ3v) is 6.37. The fourth-order valence-corrected chi connectivity index (χ4v) is 4.42. The van der Waals surface area contributed by atoms with Gasteiger partial charge in [-0.1, -0.05) is 24.3 Å². The highest BCUT2D eigenvalue weighted by Crippen LogP contribution is 2.29. The summed E-state index contributed by atoms with van der Waals surface area (Å²) in [4.78, 5) is 25.1. The summed E-state index contributed by atoms with van der Waals surface area (Å²) in [7, 11) is 1.61. The van der Waals surface area contributed by atoms with Crippen LogP contribution in [0.4, 0.5) is 15.8 Å². The molecule has 0 saturated carbocycles. The van der Waals surface area contributed by atoms with Crippen molar-refractivity contribution in [1.29, 1.82) is 0 Å². The van der Waals surface area contributed by atoms with E-state index in [1.54, 1.807) is 49.2 Å². The Morgan fingerprint density at radius 3 is 2.48 bits per heavy atom. The van der Waals surface area contributed by atoms with Crippen molar-refractivity contribution in [2.75, 3.05) is 23.5 Å². The Hall–Kier alpha value is -3.52. The zero-order chi connectivity index (χ0) is 23.2. The summed E-state index contributed by atoms with van der Waals surface area (Å²) in [5.74, 6) is 1.38. The lowest BCUT2D eigenvalue weighted by molar-refractivity contribution is -0.116. The Morgan fingerprint density at radius 1 is 1.03 bits per heavy atom. The molecule has 1 aliphatic heterocycles. The maximum atomic E-state index is 13.0. The summed E-state index contributed by atoms with van der Waals surface area (Å²) in [6.07, 6.45) is 0. The van der Waals surface area contributed by atoms with Gasteiger partial charge in [-0.3, -0.25) is 9.59 Å². The molecule has 0 radical (unpaired) electrons. The van der Waals surface area contributed by atoms with Crippen molar-refractivity contribution >= 4 is 35.0 Å². The van der Waals surface area contributed by atoms with E-state index in [1.165, 1.54) is 12.1 Å². The maximum Gasteiger partial charge on any atom is 0.251 e. The van der Waals surface area contributed by atoms with Gasteiger partial charge in [0.2, 0.25) is 5.91 Å². The second-order valence-electron chi connectivity index (χ2n) is 7.62. The predicted octanol–water partition coefficient (Wildman–Crippen LogP) is 4.43. The topological polar surface area (TPSA) is 79.5 Å². The van der Waals surface area contributed by atoms with Crippen LogP contribution in [0.2, 0.25) is 0 Å². The molecule has 6 nitrogen and oxygen atoms in total. The molecular formula is C25H24FN3O3S. The van der Waals surface area contributed by atoms with Gasteiger partial charge < -0.3 is 20.7 Å². The largest absolute Gasteiger partial charge is 0.497 e. The summed E-state index contributed by atoms with van der Waals surface area (Å²) in [6, 6.07) is 18.6. The fourth-order valence-electron chi connectivity index (χ4n) is 3.41. The van der Waals surface area contributed by atoms with E-state index in [4.69, 9.17) is 4.74 Å². The Balaban J connectivity index is 1.31. The number of hydrogen-bond acceptors (Lipinski definition) is 5. The van der Waals surface area contributed by atoms with Gasteiger partial charge in [-0.25, -0.2) is 4.39 Å². The number of amides is 2. The van der Waals surface area contributed by atoms with Crippen LogP contribution in [0, 0.1) is 5.82 Å². The van der Waals surface area contributed by atoms with Gasteiger partial charge in [0.25, 0.3) is 5.91 Å². The molecule has 3 aromatic carbocycles. The summed E-state index contributed by atoms with van der Waals surface area (Å²) in [5, 5.41) is 9.02. The number of carbonyl (C=O) groups excluding carboxylic acids is 2. The maximum absolute atomic E-state index is 13.0. The number of fused-ring (bicyclic) bond motifs is 1.